The van der Waals surface area contributed by atoms with Gasteiger partial charge in [-0.25, -0.2) is 4.98 Å². The molecule has 0 atom stereocenters. The van der Waals surface area contributed by atoms with Gasteiger partial charge in [-0.3, -0.25) is 10.1 Å². The van der Waals surface area contributed by atoms with E-state index in [1.165, 1.54) is 43.1 Å². The molecule has 0 aliphatic carbocycles. The Morgan fingerprint density at radius 1 is 1.33 bits per heavy atom. The first-order valence-electron chi connectivity index (χ1n) is 5.62. The zero-order chi connectivity index (χ0) is 15.4. The van der Waals surface area contributed by atoms with Gasteiger partial charge in [-0.05, 0) is 12.3 Å². The molecule has 21 heavy (non-hydrogen) atoms. The van der Waals surface area contributed by atoms with Crippen LogP contribution < -0.4 is 9.47 Å². The molecule has 2 aromatic rings. The molecule has 0 aliphatic heterocycles. The number of hydrogen-bond donors (Lipinski definition) is 0. The summed E-state index contributed by atoms with van der Waals surface area (Å²) in [6, 6.07) is 5.56. The number of aromatic nitrogens is 2. The number of nitro groups is 1. The molecule has 0 fully saturated rings. The molecule has 0 bridgehead atoms. The van der Waals surface area contributed by atoms with E-state index in [1.807, 2.05) is 0 Å². The summed E-state index contributed by atoms with van der Waals surface area (Å²) in [5.41, 5.74) is -0.198. The van der Waals surface area contributed by atoms with Gasteiger partial charge in [-0.15, -0.1) is 0 Å². The number of benzene rings is 1. The Balaban J connectivity index is 2.42. The third-order valence-corrected chi connectivity index (χ3v) is 3.15. The van der Waals surface area contributed by atoms with Crippen LogP contribution in [0.4, 0.5) is 5.69 Å². The maximum Gasteiger partial charge on any atom is 0.311 e. The first kappa shape index (κ1) is 15.3. The molecule has 1 aromatic carbocycles. The number of nitrogens with zero attached hydrogens (tertiary/aromatic N) is 3. The van der Waals surface area contributed by atoms with Crippen LogP contribution in [-0.4, -0.2) is 28.3 Å². The second-order valence-corrected chi connectivity index (χ2v) is 4.87. The van der Waals surface area contributed by atoms with Crippen LogP contribution in [0.5, 0.6) is 17.4 Å². The van der Waals surface area contributed by atoms with Gasteiger partial charge in [-0.2, -0.15) is 4.98 Å². The summed E-state index contributed by atoms with van der Waals surface area (Å²) in [5, 5.41) is 11.6. The van der Waals surface area contributed by atoms with Crippen LogP contribution in [0, 0.1) is 10.1 Å². The monoisotopic (exact) mass is 327 g/mol. The lowest BCUT2D eigenvalue weighted by Gasteiger charge is -2.08. The van der Waals surface area contributed by atoms with Crippen molar-refractivity contribution in [2.75, 3.05) is 13.4 Å². The highest BCUT2D eigenvalue weighted by Gasteiger charge is 2.18. The Labute approximate surface area is 129 Å². The van der Waals surface area contributed by atoms with Gasteiger partial charge in [0.05, 0.1) is 12.0 Å². The van der Waals surface area contributed by atoms with Crippen molar-refractivity contribution in [3.63, 3.8) is 0 Å². The molecule has 1 aromatic heterocycles. The van der Waals surface area contributed by atoms with Crippen molar-refractivity contribution in [2.24, 2.45) is 0 Å². The van der Waals surface area contributed by atoms with Gasteiger partial charge in [0.25, 0.3) is 0 Å². The lowest BCUT2D eigenvalue weighted by atomic mass is 10.3. The van der Waals surface area contributed by atoms with E-state index in [1.54, 1.807) is 6.26 Å². The summed E-state index contributed by atoms with van der Waals surface area (Å²) in [6.07, 6.45) is 1.78. The van der Waals surface area contributed by atoms with E-state index in [0.717, 1.165) is 0 Å². The summed E-state index contributed by atoms with van der Waals surface area (Å²) in [7, 11) is 1.46. The predicted molar refractivity (Wildman–Crippen MR) is 78.5 cm³/mol. The number of ether oxygens (including phenoxy) is 2. The number of halogens is 1. The van der Waals surface area contributed by atoms with Crippen molar-refractivity contribution in [3.8, 4) is 17.4 Å². The van der Waals surface area contributed by atoms with Crippen LogP contribution in [-0.2, 0) is 0 Å². The van der Waals surface area contributed by atoms with Crippen molar-refractivity contribution < 1.29 is 14.4 Å². The highest BCUT2D eigenvalue weighted by Crippen LogP contribution is 2.34. The lowest BCUT2D eigenvalue weighted by Crippen LogP contribution is -1.97. The maximum absolute atomic E-state index is 11.0. The van der Waals surface area contributed by atoms with Crippen molar-refractivity contribution >= 4 is 29.1 Å². The van der Waals surface area contributed by atoms with Crippen LogP contribution in [0.15, 0.2) is 29.4 Å². The van der Waals surface area contributed by atoms with Gasteiger partial charge in [0.15, 0.2) is 5.16 Å². The Hall–Kier alpha value is -2.06. The van der Waals surface area contributed by atoms with Gasteiger partial charge in [0, 0.05) is 18.2 Å². The normalized spacial score (nSPS) is 10.2. The second kappa shape index (κ2) is 6.59. The van der Waals surface area contributed by atoms with E-state index in [9.17, 15) is 10.1 Å². The Bertz CT molecular complexity index is 684. The van der Waals surface area contributed by atoms with Crippen LogP contribution in [0.25, 0.3) is 0 Å². The van der Waals surface area contributed by atoms with Crippen LogP contribution in [0.2, 0.25) is 5.15 Å². The SMILES string of the molecule is COc1ccc([N+](=O)[O-])c(Oc2cc(Cl)nc(SC)n2)c1. The number of thioether (sulfide) groups is 1. The lowest BCUT2D eigenvalue weighted by molar-refractivity contribution is -0.385. The summed E-state index contributed by atoms with van der Waals surface area (Å²) >= 11 is 7.13. The summed E-state index contributed by atoms with van der Waals surface area (Å²) in [6.45, 7) is 0. The Morgan fingerprint density at radius 3 is 2.71 bits per heavy atom. The molecule has 0 aliphatic rings. The first-order chi connectivity index (χ1) is 10.0. The summed E-state index contributed by atoms with van der Waals surface area (Å²) < 4.78 is 10.5. The number of hydrogen-bond acceptors (Lipinski definition) is 7. The molecule has 0 unspecified atom stereocenters. The molecule has 9 heteroatoms. The molecule has 1 heterocycles. The van der Waals surface area contributed by atoms with Crippen molar-refractivity contribution in [1.82, 2.24) is 9.97 Å². The standard InChI is InChI=1S/C12H10ClN3O4S/c1-19-7-3-4-8(16(17)18)9(5-7)20-11-6-10(13)14-12(15-11)21-2/h3-6H,1-2H3. The fraction of sp³-hybridized carbons (Fsp3) is 0.167. The van der Waals surface area contributed by atoms with E-state index >= 15 is 0 Å². The smallest absolute Gasteiger partial charge is 0.311 e. The maximum atomic E-state index is 11.0. The molecule has 0 N–H and O–H groups in total. The Morgan fingerprint density at radius 2 is 2.10 bits per heavy atom. The minimum atomic E-state index is -0.549. The zero-order valence-corrected chi connectivity index (χ0v) is 12.6. The van der Waals surface area contributed by atoms with Gasteiger partial charge < -0.3 is 9.47 Å². The quantitative estimate of drug-likeness (QED) is 0.273. The molecule has 110 valence electrons. The minimum Gasteiger partial charge on any atom is -0.497 e. The fourth-order valence-corrected chi connectivity index (χ4v) is 2.08. The van der Waals surface area contributed by atoms with Gasteiger partial charge >= 0.3 is 5.69 Å². The van der Waals surface area contributed by atoms with Gasteiger partial charge in [0.2, 0.25) is 11.6 Å². The summed E-state index contributed by atoms with van der Waals surface area (Å²) in [5.74, 6) is 0.567. The van der Waals surface area contributed by atoms with Crippen molar-refractivity contribution in [1.29, 1.82) is 0 Å². The van der Waals surface area contributed by atoms with Gasteiger partial charge in [0.1, 0.15) is 10.9 Å². The second-order valence-electron chi connectivity index (χ2n) is 3.71. The van der Waals surface area contributed by atoms with Crippen LogP contribution in [0.1, 0.15) is 0 Å². The largest absolute Gasteiger partial charge is 0.497 e. The number of methoxy groups -OCH3 is 1. The van der Waals surface area contributed by atoms with Gasteiger partial charge in [-0.1, -0.05) is 23.4 Å². The molecule has 0 saturated carbocycles. The molecule has 2 rings (SSSR count). The average molecular weight is 328 g/mol. The topological polar surface area (TPSA) is 87.4 Å². The van der Waals surface area contributed by atoms with Crippen molar-refractivity contribution in [2.45, 2.75) is 5.16 Å². The molecular weight excluding hydrogens is 318 g/mol. The molecule has 0 radical (unpaired) electrons. The van der Waals surface area contributed by atoms with Crippen molar-refractivity contribution in [3.05, 3.63) is 39.5 Å². The van der Waals surface area contributed by atoms with Crippen LogP contribution >= 0.6 is 23.4 Å². The highest BCUT2D eigenvalue weighted by molar-refractivity contribution is 7.98. The highest BCUT2D eigenvalue weighted by atomic mass is 35.5. The van der Waals surface area contributed by atoms with Crippen LogP contribution in [0.3, 0.4) is 0 Å². The first-order valence-corrected chi connectivity index (χ1v) is 7.22. The minimum absolute atomic E-state index is 0.0150. The summed E-state index contributed by atoms with van der Waals surface area (Å²) in [4.78, 5) is 18.5. The molecule has 0 saturated heterocycles. The predicted octanol–water partition coefficient (Wildman–Crippen LogP) is 3.56. The third kappa shape index (κ3) is 3.73. The van der Waals surface area contributed by atoms with E-state index in [-0.39, 0.29) is 22.5 Å². The van der Waals surface area contributed by atoms with E-state index in [0.29, 0.717) is 10.9 Å². The van der Waals surface area contributed by atoms with E-state index < -0.39 is 4.92 Å². The fourth-order valence-electron chi connectivity index (χ4n) is 1.49. The molecule has 7 nitrogen and oxygen atoms in total. The van der Waals surface area contributed by atoms with E-state index in [4.69, 9.17) is 21.1 Å². The van der Waals surface area contributed by atoms with E-state index in [2.05, 4.69) is 9.97 Å². The number of rotatable bonds is 5. The number of nitro benzene ring substituents is 1. The molecular formula is C12H10ClN3O4S. The molecule has 0 spiro atoms. The molecule has 0 amide bonds. The third-order valence-electron chi connectivity index (χ3n) is 2.41. The Kier molecular flexibility index (Phi) is 4.81. The zero-order valence-electron chi connectivity index (χ0n) is 11.1. The average Bonchev–Trinajstić information content (AvgIpc) is 2.46.